The van der Waals surface area contributed by atoms with E-state index in [2.05, 4.69) is 0 Å². The molecule has 0 saturated carbocycles. The van der Waals surface area contributed by atoms with E-state index < -0.39 is 5.91 Å². The summed E-state index contributed by atoms with van der Waals surface area (Å²) in [5.74, 6) is -0.693. The largest absolute Gasteiger partial charge is 0.373 e. The molecule has 3 heterocycles. The maximum Gasteiger partial charge on any atom is 0.254 e. The van der Waals surface area contributed by atoms with Crippen molar-refractivity contribution in [2.75, 3.05) is 6.61 Å². The van der Waals surface area contributed by atoms with E-state index in [1.54, 1.807) is 0 Å². The molecule has 2 aromatic heterocycles. The van der Waals surface area contributed by atoms with Crippen molar-refractivity contribution < 1.29 is 9.53 Å². The minimum atomic E-state index is -0.693. The quantitative estimate of drug-likeness (QED) is 0.911. The molecular formula is C14H14N2O3S. The number of primary amides is 1. The Balaban J connectivity index is 2.40. The number of amides is 1. The molecule has 0 atom stereocenters. The molecule has 0 aromatic carbocycles. The highest BCUT2D eigenvalue weighted by molar-refractivity contribution is 7.13. The van der Waals surface area contributed by atoms with Crippen molar-refractivity contribution in [1.82, 2.24) is 4.57 Å². The van der Waals surface area contributed by atoms with Gasteiger partial charge in [0.1, 0.15) is 5.56 Å². The topological polar surface area (TPSA) is 74.3 Å². The molecule has 1 aliphatic rings. The molecule has 0 fully saturated rings. The normalized spacial score (nSPS) is 14.1. The zero-order valence-electron chi connectivity index (χ0n) is 11.0. The van der Waals surface area contributed by atoms with Crippen molar-refractivity contribution >= 4 is 17.2 Å². The van der Waals surface area contributed by atoms with Gasteiger partial charge in [-0.05, 0) is 18.4 Å². The number of ether oxygens (including phenoxy) is 1. The highest BCUT2D eigenvalue weighted by Gasteiger charge is 2.25. The van der Waals surface area contributed by atoms with E-state index in [1.165, 1.54) is 11.3 Å². The summed E-state index contributed by atoms with van der Waals surface area (Å²) >= 11 is 1.48. The molecule has 2 aromatic rings. The summed E-state index contributed by atoms with van der Waals surface area (Å²) in [6, 6.07) is 3.77. The van der Waals surface area contributed by atoms with E-state index in [9.17, 15) is 9.59 Å². The van der Waals surface area contributed by atoms with E-state index in [0.717, 1.165) is 10.6 Å². The molecule has 1 amide bonds. The Morgan fingerprint density at radius 2 is 2.30 bits per heavy atom. The van der Waals surface area contributed by atoms with Gasteiger partial charge in [-0.25, -0.2) is 0 Å². The summed E-state index contributed by atoms with van der Waals surface area (Å²) < 4.78 is 7.33. The number of carbonyl (C=O) groups is 1. The highest BCUT2D eigenvalue weighted by atomic mass is 32.1. The third-order valence-electron chi connectivity index (χ3n) is 3.55. The van der Waals surface area contributed by atoms with E-state index in [4.69, 9.17) is 10.5 Å². The predicted molar refractivity (Wildman–Crippen MR) is 76.9 cm³/mol. The summed E-state index contributed by atoms with van der Waals surface area (Å²) in [5.41, 5.74) is 7.18. The van der Waals surface area contributed by atoms with Crippen LogP contribution in [-0.2, 0) is 17.9 Å². The maximum atomic E-state index is 12.6. The fraction of sp³-hybridized carbons (Fsp3) is 0.286. The number of hydrogen-bond donors (Lipinski definition) is 1. The smallest absolute Gasteiger partial charge is 0.254 e. The van der Waals surface area contributed by atoms with Gasteiger partial charge in [-0.2, -0.15) is 0 Å². The van der Waals surface area contributed by atoms with Crippen LogP contribution in [0.3, 0.4) is 0 Å². The van der Waals surface area contributed by atoms with Gasteiger partial charge in [0.2, 0.25) is 5.43 Å². The van der Waals surface area contributed by atoms with Crippen molar-refractivity contribution in [1.29, 1.82) is 0 Å². The third-order valence-corrected chi connectivity index (χ3v) is 4.43. The van der Waals surface area contributed by atoms with Crippen LogP contribution in [0.2, 0.25) is 0 Å². The van der Waals surface area contributed by atoms with Crippen LogP contribution in [-0.4, -0.2) is 17.1 Å². The molecule has 0 bridgehead atoms. The fourth-order valence-electron chi connectivity index (χ4n) is 2.64. The van der Waals surface area contributed by atoms with Gasteiger partial charge in [-0.15, -0.1) is 11.3 Å². The molecule has 104 valence electrons. The average Bonchev–Trinajstić information content (AvgIpc) is 2.92. The first-order valence-corrected chi connectivity index (χ1v) is 7.17. The molecule has 0 radical (unpaired) electrons. The van der Waals surface area contributed by atoms with Crippen molar-refractivity contribution in [3.63, 3.8) is 0 Å². The fourth-order valence-corrected chi connectivity index (χ4v) is 3.45. The Morgan fingerprint density at radius 1 is 1.50 bits per heavy atom. The molecule has 1 aliphatic heterocycles. The van der Waals surface area contributed by atoms with Crippen LogP contribution in [0.1, 0.15) is 21.7 Å². The third kappa shape index (κ3) is 1.88. The first-order chi connectivity index (χ1) is 9.61. The second kappa shape index (κ2) is 4.88. The van der Waals surface area contributed by atoms with Crippen LogP contribution >= 0.6 is 11.3 Å². The van der Waals surface area contributed by atoms with Gasteiger partial charge in [0.05, 0.1) is 24.5 Å². The number of thiophene rings is 1. The van der Waals surface area contributed by atoms with E-state index in [1.807, 2.05) is 29.0 Å². The molecule has 2 N–H and O–H groups in total. The number of carbonyl (C=O) groups excluding carboxylic acids is 1. The number of hydrogen-bond acceptors (Lipinski definition) is 4. The Labute approximate surface area is 119 Å². The van der Waals surface area contributed by atoms with Crippen LogP contribution < -0.4 is 11.2 Å². The number of rotatable bonds is 2. The van der Waals surface area contributed by atoms with Crippen molar-refractivity contribution in [2.24, 2.45) is 5.73 Å². The Hall–Kier alpha value is -1.92. The molecule has 0 aliphatic carbocycles. The summed E-state index contributed by atoms with van der Waals surface area (Å²) in [4.78, 5) is 25.2. The molecule has 0 unspecified atom stereocenters. The van der Waals surface area contributed by atoms with E-state index >= 15 is 0 Å². The number of fused-ring (bicyclic) bond motifs is 1. The molecule has 0 spiro atoms. The molecule has 5 nitrogen and oxygen atoms in total. The second-order valence-electron chi connectivity index (χ2n) is 4.66. The summed E-state index contributed by atoms with van der Waals surface area (Å²) in [5, 5.41) is 1.91. The van der Waals surface area contributed by atoms with Crippen LogP contribution in [0.5, 0.6) is 0 Å². The lowest BCUT2D eigenvalue weighted by atomic mass is 10.0. The van der Waals surface area contributed by atoms with Gasteiger partial charge >= 0.3 is 0 Å². The standard InChI is InChI=1S/C14H14N2O3S/c1-8-11(10-3-2-6-20-10)13(17)12(14(15)18)9-7-19-5-4-16(8)9/h2-3,6H,4-5,7H2,1H3,(H2,15,18). The molecule has 3 rings (SSSR count). The SMILES string of the molecule is Cc1c(-c2cccs2)c(=O)c(C(N)=O)c2n1CCOC2. The monoisotopic (exact) mass is 290 g/mol. The highest BCUT2D eigenvalue weighted by Crippen LogP contribution is 2.28. The van der Waals surface area contributed by atoms with Gasteiger partial charge in [-0.1, -0.05) is 6.07 Å². The van der Waals surface area contributed by atoms with Gasteiger partial charge in [0.15, 0.2) is 0 Å². The summed E-state index contributed by atoms with van der Waals surface area (Å²) in [6.07, 6.45) is 0. The zero-order chi connectivity index (χ0) is 14.3. The van der Waals surface area contributed by atoms with Crippen LogP contribution in [0.25, 0.3) is 10.4 Å². The first kappa shape index (κ1) is 13.1. The average molecular weight is 290 g/mol. The Morgan fingerprint density at radius 3 is 2.95 bits per heavy atom. The zero-order valence-corrected chi connectivity index (χ0v) is 11.8. The van der Waals surface area contributed by atoms with Crippen molar-refractivity contribution in [3.05, 3.63) is 44.7 Å². The minimum Gasteiger partial charge on any atom is -0.373 e. The number of nitrogens with two attached hydrogens (primary N) is 1. The lowest BCUT2D eigenvalue weighted by molar-refractivity contribution is 0.0798. The predicted octanol–water partition coefficient (Wildman–Crippen LogP) is 1.51. The molecule has 20 heavy (non-hydrogen) atoms. The summed E-state index contributed by atoms with van der Waals surface area (Å²) in [7, 11) is 0. The van der Waals surface area contributed by atoms with Crippen LogP contribution in [0.15, 0.2) is 22.3 Å². The molecule has 0 saturated heterocycles. The van der Waals surface area contributed by atoms with E-state index in [0.29, 0.717) is 24.4 Å². The first-order valence-electron chi connectivity index (χ1n) is 6.29. The lowest BCUT2D eigenvalue weighted by Crippen LogP contribution is -2.33. The number of nitrogens with zero attached hydrogens (tertiary/aromatic N) is 1. The minimum absolute atomic E-state index is 0.0544. The second-order valence-corrected chi connectivity index (χ2v) is 5.60. The van der Waals surface area contributed by atoms with Crippen LogP contribution in [0.4, 0.5) is 0 Å². The van der Waals surface area contributed by atoms with Gasteiger partial charge < -0.3 is 15.0 Å². The molecule has 6 heteroatoms. The van der Waals surface area contributed by atoms with Crippen molar-refractivity contribution in [3.8, 4) is 10.4 Å². The maximum absolute atomic E-state index is 12.6. The van der Waals surface area contributed by atoms with Gasteiger partial charge in [-0.3, -0.25) is 9.59 Å². The number of aromatic nitrogens is 1. The Bertz CT molecular complexity index is 732. The number of pyridine rings is 1. The van der Waals surface area contributed by atoms with Crippen LogP contribution in [0, 0.1) is 6.92 Å². The van der Waals surface area contributed by atoms with Crippen molar-refractivity contribution in [2.45, 2.75) is 20.1 Å². The summed E-state index contributed by atoms with van der Waals surface area (Å²) in [6.45, 7) is 3.34. The molecular weight excluding hydrogens is 276 g/mol. The Kier molecular flexibility index (Phi) is 3.19. The van der Waals surface area contributed by atoms with Gasteiger partial charge in [0.25, 0.3) is 5.91 Å². The lowest BCUT2D eigenvalue weighted by Gasteiger charge is -2.25. The van der Waals surface area contributed by atoms with Gasteiger partial charge in [0, 0.05) is 17.1 Å². The van der Waals surface area contributed by atoms with E-state index in [-0.39, 0.29) is 17.6 Å².